The van der Waals surface area contributed by atoms with Gasteiger partial charge in [0.25, 0.3) is 0 Å². The molecule has 0 radical (unpaired) electrons. The van der Waals surface area contributed by atoms with Gasteiger partial charge in [0, 0.05) is 12.2 Å². The summed E-state index contributed by atoms with van der Waals surface area (Å²) >= 11 is 1.62. The third-order valence-electron chi connectivity index (χ3n) is 4.62. The number of thiophene rings is 1. The lowest BCUT2D eigenvalue weighted by atomic mass is 10.1. The largest absolute Gasteiger partial charge is 0.346 e. The van der Waals surface area contributed by atoms with E-state index in [4.69, 9.17) is 0 Å². The normalized spacial score (nSPS) is 20.2. The van der Waals surface area contributed by atoms with Crippen LogP contribution in [0.25, 0.3) is 0 Å². The van der Waals surface area contributed by atoms with Gasteiger partial charge in [-0.2, -0.15) is 11.3 Å². The Morgan fingerprint density at radius 3 is 2.88 bits per heavy atom. The van der Waals surface area contributed by atoms with E-state index in [2.05, 4.69) is 15.7 Å². The number of pyridine rings is 1. The summed E-state index contributed by atoms with van der Waals surface area (Å²) in [5, 5.41) is 7.14. The van der Waals surface area contributed by atoms with Crippen LogP contribution in [0.5, 0.6) is 0 Å². The molecule has 0 spiro atoms. The first kappa shape index (κ1) is 19.0. The van der Waals surface area contributed by atoms with Gasteiger partial charge in [-0.05, 0) is 54.4 Å². The highest BCUT2D eigenvalue weighted by Gasteiger charge is 2.31. The van der Waals surface area contributed by atoms with Crippen molar-refractivity contribution in [1.82, 2.24) is 15.2 Å². The highest BCUT2D eigenvalue weighted by atomic mass is 32.2. The molecule has 2 atom stereocenters. The number of nitrogens with one attached hydrogen (secondary N) is 1. The molecule has 0 aliphatic carbocycles. The molecule has 2 aromatic rings. The Morgan fingerprint density at radius 2 is 2.27 bits per heavy atom. The summed E-state index contributed by atoms with van der Waals surface area (Å²) in [5.41, 5.74) is 1.97. The molecule has 0 bridgehead atoms. The van der Waals surface area contributed by atoms with E-state index in [1.165, 1.54) is 0 Å². The first-order chi connectivity index (χ1) is 12.4. The van der Waals surface area contributed by atoms with Gasteiger partial charge in [-0.3, -0.25) is 14.7 Å². The monoisotopic (exact) mass is 393 g/mol. The summed E-state index contributed by atoms with van der Waals surface area (Å²) < 4.78 is 23.3. The van der Waals surface area contributed by atoms with E-state index in [1.54, 1.807) is 24.6 Å². The van der Waals surface area contributed by atoms with Crippen molar-refractivity contribution in [2.24, 2.45) is 0 Å². The van der Waals surface area contributed by atoms with Crippen molar-refractivity contribution in [2.75, 3.05) is 25.1 Å². The molecule has 0 aromatic carbocycles. The van der Waals surface area contributed by atoms with Crippen LogP contribution in [0.15, 0.2) is 41.2 Å². The van der Waals surface area contributed by atoms with Gasteiger partial charge in [-0.25, -0.2) is 8.42 Å². The molecule has 1 saturated heterocycles. The van der Waals surface area contributed by atoms with Crippen LogP contribution in [0, 0.1) is 0 Å². The second-order valence-corrected chi connectivity index (χ2v) is 9.69. The highest BCUT2D eigenvalue weighted by molar-refractivity contribution is 7.91. The van der Waals surface area contributed by atoms with Crippen LogP contribution >= 0.6 is 11.3 Å². The zero-order valence-electron chi connectivity index (χ0n) is 14.7. The summed E-state index contributed by atoms with van der Waals surface area (Å²) in [5.74, 6) is 0.218. The third kappa shape index (κ3) is 5.12. The van der Waals surface area contributed by atoms with E-state index in [9.17, 15) is 13.2 Å². The molecule has 1 aliphatic rings. The van der Waals surface area contributed by atoms with Crippen LogP contribution in [0.3, 0.4) is 0 Å². The van der Waals surface area contributed by atoms with E-state index in [0.29, 0.717) is 12.8 Å². The summed E-state index contributed by atoms with van der Waals surface area (Å²) in [7, 11) is -1.15. The van der Waals surface area contributed by atoms with Crippen LogP contribution in [0.4, 0.5) is 0 Å². The van der Waals surface area contributed by atoms with E-state index in [1.807, 2.05) is 34.5 Å². The van der Waals surface area contributed by atoms with Crippen LogP contribution in [-0.4, -0.2) is 55.3 Å². The van der Waals surface area contributed by atoms with Gasteiger partial charge >= 0.3 is 0 Å². The standard InChI is InChI=1S/C18H23N3O3S2/c1-21(15-6-9-26(23,24)13-15)11-18(22)20-17(10-14-5-8-25-12-14)16-4-2-3-7-19-16/h2-5,7-8,12,15,17H,6,9-11,13H2,1H3,(H,20,22)/t15-,17+/m1/s1. The minimum atomic E-state index is -2.96. The second kappa shape index (κ2) is 8.28. The Hall–Kier alpha value is -1.77. The van der Waals surface area contributed by atoms with Crippen LogP contribution < -0.4 is 5.32 Å². The van der Waals surface area contributed by atoms with E-state index < -0.39 is 9.84 Å². The molecule has 1 N–H and O–H groups in total. The fourth-order valence-corrected chi connectivity index (χ4v) is 5.66. The predicted octanol–water partition coefficient (Wildman–Crippen LogP) is 1.66. The van der Waals surface area contributed by atoms with Crippen LogP contribution in [0.2, 0.25) is 0 Å². The Bertz CT molecular complexity index is 823. The number of aromatic nitrogens is 1. The van der Waals surface area contributed by atoms with Crippen molar-refractivity contribution >= 4 is 27.1 Å². The van der Waals surface area contributed by atoms with E-state index in [-0.39, 0.29) is 36.0 Å². The maximum Gasteiger partial charge on any atom is 0.234 e. The van der Waals surface area contributed by atoms with Crippen molar-refractivity contribution in [3.05, 3.63) is 52.5 Å². The number of hydrogen-bond donors (Lipinski definition) is 1. The third-order valence-corrected chi connectivity index (χ3v) is 7.11. The van der Waals surface area contributed by atoms with Gasteiger partial charge in [0.05, 0.1) is 29.8 Å². The molecule has 8 heteroatoms. The number of amides is 1. The van der Waals surface area contributed by atoms with Gasteiger partial charge in [0.15, 0.2) is 9.84 Å². The van der Waals surface area contributed by atoms with Crippen molar-refractivity contribution in [1.29, 1.82) is 0 Å². The molecule has 6 nitrogen and oxygen atoms in total. The lowest BCUT2D eigenvalue weighted by molar-refractivity contribution is -0.123. The quantitative estimate of drug-likeness (QED) is 0.774. The molecule has 26 heavy (non-hydrogen) atoms. The topological polar surface area (TPSA) is 79.4 Å². The molecule has 0 saturated carbocycles. The minimum absolute atomic E-state index is 0.0871. The molecular weight excluding hydrogens is 370 g/mol. The Morgan fingerprint density at radius 1 is 1.42 bits per heavy atom. The Kier molecular flexibility index (Phi) is 6.05. The fraction of sp³-hybridized carbons (Fsp3) is 0.444. The SMILES string of the molecule is CN(CC(=O)N[C@@H](Cc1ccsc1)c1ccccn1)[C@@H]1CCS(=O)(=O)C1. The second-order valence-electron chi connectivity index (χ2n) is 6.68. The first-order valence-electron chi connectivity index (χ1n) is 8.55. The minimum Gasteiger partial charge on any atom is -0.346 e. The molecule has 0 unspecified atom stereocenters. The van der Waals surface area contributed by atoms with Crippen molar-refractivity contribution < 1.29 is 13.2 Å². The molecule has 2 aromatic heterocycles. The molecule has 1 fully saturated rings. The summed E-state index contributed by atoms with van der Waals surface area (Å²) in [6.07, 6.45) is 2.98. The number of hydrogen-bond acceptors (Lipinski definition) is 6. The molecule has 140 valence electrons. The summed E-state index contributed by atoms with van der Waals surface area (Å²) in [4.78, 5) is 18.8. The number of nitrogens with zero attached hydrogens (tertiary/aromatic N) is 2. The Balaban J connectivity index is 1.63. The van der Waals surface area contributed by atoms with Gasteiger partial charge in [-0.1, -0.05) is 6.07 Å². The lowest BCUT2D eigenvalue weighted by Crippen LogP contribution is -2.42. The predicted molar refractivity (Wildman–Crippen MR) is 103 cm³/mol. The maximum absolute atomic E-state index is 12.6. The van der Waals surface area contributed by atoms with Gasteiger partial charge in [-0.15, -0.1) is 0 Å². The van der Waals surface area contributed by atoms with Crippen LogP contribution in [0.1, 0.15) is 23.7 Å². The van der Waals surface area contributed by atoms with Gasteiger partial charge in [0.1, 0.15) is 0 Å². The fourth-order valence-electron chi connectivity index (χ4n) is 3.17. The summed E-state index contributed by atoms with van der Waals surface area (Å²) in [6, 6.07) is 7.41. The smallest absolute Gasteiger partial charge is 0.234 e. The first-order valence-corrected chi connectivity index (χ1v) is 11.3. The summed E-state index contributed by atoms with van der Waals surface area (Å²) in [6.45, 7) is 0.174. The van der Waals surface area contributed by atoms with Crippen molar-refractivity contribution in [2.45, 2.75) is 24.9 Å². The van der Waals surface area contributed by atoms with Crippen molar-refractivity contribution in [3.8, 4) is 0 Å². The maximum atomic E-state index is 12.6. The molecular formula is C18H23N3O3S2. The van der Waals surface area contributed by atoms with Crippen LogP contribution in [-0.2, 0) is 21.1 Å². The number of carbonyl (C=O) groups is 1. The average molecular weight is 394 g/mol. The number of carbonyl (C=O) groups excluding carboxylic acids is 1. The molecule has 1 amide bonds. The number of sulfone groups is 1. The molecule has 1 aliphatic heterocycles. The van der Waals surface area contributed by atoms with E-state index in [0.717, 1.165) is 11.3 Å². The van der Waals surface area contributed by atoms with Gasteiger partial charge < -0.3 is 5.32 Å². The number of likely N-dealkylation sites (N-methyl/N-ethyl adjacent to an activating group) is 1. The molecule has 3 heterocycles. The van der Waals surface area contributed by atoms with Crippen molar-refractivity contribution in [3.63, 3.8) is 0 Å². The number of rotatable bonds is 7. The zero-order valence-corrected chi connectivity index (χ0v) is 16.3. The lowest BCUT2D eigenvalue weighted by Gasteiger charge is -2.24. The average Bonchev–Trinajstić information content (AvgIpc) is 3.24. The Labute approximate surface area is 158 Å². The highest BCUT2D eigenvalue weighted by Crippen LogP contribution is 2.19. The van der Waals surface area contributed by atoms with E-state index >= 15 is 0 Å². The molecule has 3 rings (SSSR count). The van der Waals surface area contributed by atoms with Gasteiger partial charge in [0.2, 0.25) is 5.91 Å². The zero-order chi connectivity index (χ0) is 18.6.